The van der Waals surface area contributed by atoms with Gasteiger partial charge >= 0.3 is 0 Å². The molecule has 0 saturated carbocycles. The second-order valence-electron chi connectivity index (χ2n) is 8.08. The number of likely N-dealkylation sites (tertiary alicyclic amines) is 1. The summed E-state index contributed by atoms with van der Waals surface area (Å²) in [5.74, 6) is 0.428. The minimum absolute atomic E-state index is 0.428. The number of hydrogen-bond acceptors (Lipinski definition) is 2. The van der Waals surface area contributed by atoms with E-state index >= 15 is 0 Å². The zero-order valence-corrected chi connectivity index (χ0v) is 15.5. The van der Waals surface area contributed by atoms with Crippen LogP contribution < -0.4 is 0 Å². The summed E-state index contributed by atoms with van der Waals surface area (Å²) in [4.78, 5) is 8.71. The Hall–Kier alpha value is -2.10. The molecule has 2 aliphatic heterocycles. The number of hydrogen-bond donors (Lipinski definition) is 1. The Balaban J connectivity index is 1.49. The summed E-state index contributed by atoms with van der Waals surface area (Å²) in [5, 5.41) is 1.31. The number of para-hydroxylation sites is 1. The van der Waals surface area contributed by atoms with Crippen LogP contribution in [0.1, 0.15) is 41.1 Å². The molecule has 1 aromatic heterocycles. The maximum absolute atomic E-state index is 3.67. The van der Waals surface area contributed by atoms with Crippen LogP contribution in [0.3, 0.4) is 0 Å². The number of H-pyrrole nitrogens is 1. The number of aromatic nitrogens is 1. The molecule has 1 unspecified atom stereocenters. The molecule has 3 nitrogen and oxygen atoms in total. The summed E-state index contributed by atoms with van der Waals surface area (Å²) in [6.45, 7) is 5.75. The van der Waals surface area contributed by atoms with E-state index in [-0.39, 0.29) is 0 Å². The van der Waals surface area contributed by atoms with Gasteiger partial charge in [0.15, 0.2) is 0 Å². The number of aromatic amines is 1. The zero-order chi connectivity index (χ0) is 17.5. The Morgan fingerprint density at radius 3 is 2.73 bits per heavy atom. The number of fused-ring (bicyclic) bond motifs is 2. The lowest BCUT2D eigenvalue weighted by atomic mass is 9.86. The number of nitrogens with one attached hydrogen (secondary N) is 1. The summed E-state index contributed by atoms with van der Waals surface area (Å²) in [5.41, 5.74) is 7.05. The van der Waals surface area contributed by atoms with Gasteiger partial charge in [0.1, 0.15) is 0 Å². The molecule has 0 spiro atoms. The van der Waals surface area contributed by atoms with Gasteiger partial charge < -0.3 is 9.88 Å². The largest absolute Gasteiger partial charge is 0.358 e. The monoisotopic (exact) mass is 345 g/mol. The Morgan fingerprint density at radius 1 is 1.04 bits per heavy atom. The molecule has 1 N–H and O–H groups in total. The van der Waals surface area contributed by atoms with Gasteiger partial charge in [0.2, 0.25) is 0 Å². The second-order valence-corrected chi connectivity index (χ2v) is 8.08. The third kappa shape index (κ3) is 2.95. The zero-order valence-electron chi connectivity index (χ0n) is 15.5. The lowest BCUT2D eigenvalue weighted by Crippen LogP contribution is -2.31. The van der Waals surface area contributed by atoms with E-state index in [2.05, 4.69) is 70.4 Å². The molecule has 2 aliphatic rings. The fourth-order valence-corrected chi connectivity index (χ4v) is 4.75. The maximum Gasteiger partial charge on any atom is 0.0456 e. The molecule has 3 heteroatoms. The highest BCUT2D eigenvalue weighted by molar-refractivity contribution is 5.80. The highest BCUT2D eigenvalue weighted by atomic mass is 15.1. The molecule has 5 rings (SSSR count). The van der Waals surface area contributed by atoms with Crippen LogP contribution in [-0.4, -0.2) is 41.5 Å². The molecule has 3 aromatic rings. The number of likely N-dealkylation sites (N-methyl/N-ethyl adjacent to an activating group) is 1. The van der Waals surface area contributed by atoms with E-state index < -0.39 is 0 Å². The summed E-state index contributed by atoms with van der Waals surface area (Å²) in [6.07, 6.45) is 2.71. The lowest BCUT2D eigenvalue weighted by Gasteiger charge is -2.32. The van der Waals surface area contributed by atoms with Crippen molar-refractivity contribution in [3.05, 3.63) is 70.9 Å². The topological polar surface area (TPSA) is 22.3 Å². The van der Waals surface area contributed by atoms with Crippen molar-refractivity contribution < 1.29 is 0 Å². The van der Waals surface area contributed by atoms with Crippen molar-refractivity contribution in [3.8, 4) is 0 Å². The smallest absolute Gasteiger partial charge is 0.0456 e. The molecule has 3 heterocycles. The standard InChI is InChI=1S/C23H27N3/c1-25-15-19-12-17(14-26-10-4-5-11-26)8-9-20(19)21(16-25)23-13-18-6-2-3-7-22(18)24-23/h2-3,6-9,12-13,21,24H,4-5,10-11,14-16H2,1H3. The summed E-state index contributed by atoms with van der Waals surface area (Å²) >= 11 is 0. The fraction of sp³-hybridized carbons (Fsp3) is 0.391. The van der Waals surface area contributed by atoms with Gasteiger partial charge in [-0.05, 0) is 67.2 Å². The molecule has 0 aliphatic carbocycles. The first-order valence-electron chi connectivity index (χ1n) is 9.86. The van der Waals surface area contributed by atoms with Gasteiger partial charge in [-0.1, -0.05) is 36.4 Å². The molecule has 0 amide bonds. The first kappa shape index (κ1) is 16.1. The van der Waals surface area contributed by atoms with Crippen molar-refractivity contribution in [2.24, 2.45) is 0 Å². The van der Waals surface area contributed by atoms with Gasteiger partial charge in [-0.25, -0.2) is 0 Å². The van der Waals surface area contributed by atoms with Crippen molar-refractivity contribution in [1.29, 1.82) is 0 Å². The minimum Gasteiger partial charge on any atom is -0.358 e. The molecule has 0 bridgehead atoms. The third-order valence-corrected chi connectivity index (χ3v) is 6.05. The molecule has 26 heavy (non-hydrogen) atoms. The Kier molecular flexibility index (Phi) is 4.07. The minimum atomic E-state index is 0.428. The van der Waals surface area contributed by atoms with Crippen molar-refractivity contribution in [2.45, 2.75) is 31.8 Å². The van der Waals surface area contributed by atoms with Gasteiger partial charge in [0, 0.05) is 36.8 Å². The highest BCUT2D eigenvalue weighted by Gasteiger charge is 2.26. The van der Waals surface area contributed by atoms with Crippen molar-refractivity contribution in [2.75, 3.05) is 26.7 Å². The van der Waals surface area contributed by atoms with Crippen LogP contribution in [-0.2, 0) is 13.1 Å². The van der Waals surface area contributed by atoms with E-state index in [4.69, 9.17) is 0 Å². The predicted octanol–water partition coefficient (Wildman–Crippen LogP) is 4.34. The van der Waals surface area contributed by atoms with Gasteiger partial charge in [-0.15, -0.1) is 0 Å². The van der Waals surface area contributed by atoms with E-state index in [1.165, 1.54) is 59.2 Å². The van der Waals surface area contributed by atoms with E-state index in [1.54, 1.807) is 0 Å². The van der Waals surface area contributed by atoms with Crippen LogP contribution in [0, 0.1) is 0 Å². The van der Waals surface area contributed by atoms with Gasteiger partial charge in [0.05, 0.1) is 0 Å². The number of nitrogens with zero attached hydrogens (tertiary/aromatic N) is 2. The van der Waals surface area contributed by atoms with Gasteiger partial charge in [0.25, 0.3) is 0 Å². The summed E-state index contributed by atoms with van der Waals surface area (Å²) in [7, 11) is 2.24. The fourth-order valence-electron chi connectivity index (χ4n) is 4.75. The van der Waals surface area contributed by atoms with Crippen LogP contribution in [0.2, 0.25) is 0 Å². The first-order chi connectivity index (χ1) is 12.8. The molecule has 1 saturated heterocycles. The van der Waals surface area contributed by atoms with Gasteiger partial charge in [-0.2, -0.15) is 0 Å². The average Bonchev–Trinajstić information content (AvgIpc) is 3.29. The maximum atomic E-state index is 3.67. The quantitative estimate of drug-likeness (QED) is 0.763. The average molecular weight is 345 g/mol. The normalized spacial score (nSPS) is 21.3. The van der Waals surface area contributed by atoms with Crippen LogP contribution >= 0.6 is 0 Å². The predicted molar refractivity (Wildman–Crippen MR) is 107 cm³/mol. The van der Waals surface area contributed by atoms with E-state index in [1.807, 2.05) is 0 Å². The summed E-state index contributed by atoms with van der Waals surface area (Å²) < 4.78 is 0. The van der Waals surface area contributed by atoms with Crippen LogP contribution in [0.15, 0.2) is 48.5 Å². The molecule has 0 radical (unpaired) electrons. The van der Waals surface area contributed by atoms with E-state index in [0.29, 0.717) is 5.92 Å². The van der Waals surface area contributed by atoms with Crippen LogP contribution in [0.4, 0.5) is 0 Å². The molecular weight excluding hydrogens is 318 g/mol. The van der Waals surface area contributed by atoms with Crippen molar-refractivity contribution >= 4 is 10.9 Å². The van der Waals surface area contributed by atoms with E-state index in [9.17, 15) is 0 Å². The van der Waals surface area contributed by atoms with Crippen molar-refractivity contribution in [1.82, 2.24) is 14.8 Å². The first-order valence-corrected chi connectivity index (χ1v) is 9.86. The molecule has 1 atom stereocenters. The van der Waals surface area contributed by atoms with Crippen LogP contribution in [0.25, 0.3) is 10.9 Å². The van der Waals surface area contributed by atoms with Gasteiger partial charge in [-0.3, -0.25) is 4.90 Å². The highest BCUT2D eigenvalue weighted by Crippen LogP contribution is 2.34. The summed E-state index contributed by atoms with van der Waals surface area (Å²) in [6, 6.07) is 18.1. The third-order valence-electron chi connectivity index (χ3n) is 6.05. The second kappa shape index (κ2) is 6.57. The Labute approximate surface area is 155 Å². The lowest BCUT2D eigenvalue weighted by molar-refractivity contribution is 0.292. The van der Waals surface area contributed by atoms with Crippen molar-refractivity contribution in [3.63, 3.8) is 0 Å². The number of benzene rings is 2. The molecule has 1 fully saturated rings. The molecule has 2 aromatic carbocycles. The SMILES string of the molecule is CN1Cc2cc(CN3CCCC3)ccc2C(c2cc3ccccc3[nH]2)C1. The number of rotatable bonds is 3. The van der Waals surface area contributed by atoms with Crippen LogP contribution in [0.5, 0.6) is 0 Å². The Bertz CT molecular complexity index is 887. The molecule has 134 valence electrons. The van der Waals surface area contributed by atoms with E-state index in [0.717, 1.165) is 19.6 Å². The Morgan fingerprint density at radius 2 is 1.88 bits per heavy atom. The molecular formula is C23H27N3.